The minimum absolute atomic E-state index is 0.194. The van der Waals surface area contributed by atoms with Gasteiger partial charge in [0.2, 0.25) is 5.91 Å². The molecule has 2 amide bonds. The van der Waals surface area contributed by atoms with Crippen LogP contribution in [0.25, 0.3) is 0 Å². The van der Waals surface area contributed by atoms with Gasteiger partial charge >= 0.3 is 0 Å². The Morgan fingerprint density at radius 3 is 2.55 bits per heavy atom. The van der Waals surface area contributed by atoms with Gasteiger partial charge in [-0.2, -0.15) is 10.1 Å². The van der Waals surface area contributed by atoms with Gasteiger partial charge in [-0.25, -0.2) is 8.78 Å². The van der Waals surface area contributed by atoms with Crippen LogP contribution in [0.2, 0.25) is 0 Å². The topological polar surface area (TPSA) is 71.0 Å². The van der Waals surface area contributed by atoms with Crippen LogP contribution in [0.4, 0.5) is 20.2 Å². The van der Waals surface area contributed by atoms with Gasteiger partial charge in [-0.3, -0.25) is 9.59 Å². The third-order valence-electron chi connectivity index (χ3n) is 4.71. The molecule has 2 aromatic carbocycles. The SMILES string of the molecule is CCC(F)(F)c1cccc(NC(=O)C2C(=O)N(c3ccc(OC)cc3)N=C2C)c1. The first-order chi connectivity index (χ1) is 13.8. The number of alkyl halides is 2. The second-order valence-corrected chi connectivity index (χ2v) is 6.65. The summed E-state index contributed by atoms with van der Waals surface area (Å²) >= 11 is 0. The van der Waals surface area contributed by atoms with E-state index in [1.54, 1.807) is 31.2 Å². The summed E-state index contributed by atoms with van der Waals surface area (Å²) in [7, 11) is 1.53. The number of hydrogen-bond donors (Lipinski definition) is 1. The Morgan fingerprint density at radius 1 is 1.24 bits per heavy atom. The van der Waals surface area contributed by atoms with Crippen molar-refractivity contribution in [2.45, 2.75) is 26.2 Å². The lowest BCUT2D eigenvalue weighted by molar-refractivity contribution is -0.127. The number of nitrogens with zero attached hydrogens (tertiary/aromatic N) is 2. The maximum absolute atomic E-state index is 13.9. The van der Waals surface area contributed by atoms with Gasteiger partial charge in [0.1, 0.15) is 5.75 Å². The molecule has 0 saturated heterocycles. The van der Waals surface area contributed by atoms with E-state index in [-0.39, 0.29) is 17.7 Å². The molecular formula is C21H21F2N3O3. The van der Waals surface area contributed by atoms with Gasteiger partial charge in [0.25, 0.3) is 11.8 Å². The van der Waals surface area contributed by atoms with Crippen LogP contribution in [-0.4, -0.2) is 24.6 Å². The fourth-order valence-electron chi connectivity index (χ4n) is 3.02. The fraction of sp³-hybridized carbons (Fsp3) is 0.286. The van der Waals surface area contributed by atoms with E-state index in [2.05, 4.69) is 10.4 Å². The Bertz CT molecular complexity index is 958. The number of nitrogens with one attached hydrogen (secondary N) is 1. The van der Waals surface area contributed by atoms with E-state index < -0.39 is 23.7 Å². The highest BCUT2D eigenvalue weighted by atomic mass is 19.3. The molecule has 29 heavy (non-hydrogen) atoms. The molecule has 3 rings (SSSR count). The molecule has 0 aromatic heterocycles. The van der Waals surface area contributed by atoms with Gasteiger partial charge in [-0.15, -0.1) is 0 Å². The van der Waals surface area contributed by atoms with Gasteiger partial charge in [0.15, 0.2) is 5.92 Å². The Hall–Kier alpha value is -3.29. The van der Waals surface area contributed by atoms with Crippen molar-refractivity contribution in [1.29, 1.82) is 0 Å². The van der Waals surface area contributed by atoms with E-state index in [1.807, 2.05) is 0 Å². The zero-order chi connectivity index (χ0) is 21.2. The molecule has 8 heteroatoms. The van der Waals surface area contributed by atoms with Gasteiger partial charge in [-0.05, 0) is 43.3 Å². The minimum atomic E-state index is -2.99. The zero-order valence-electron chi connectivity index (χ0n) is 16.3. The highest BCUT2D eigenvalue weighted by Crippen LogP contribution is 2.33. The standard InChI is InChI=1S/C21H21F2N3O3/c1-4-21(22,23)14-6-5-7-15(12-14)24-19(27)18-13(2)25-26(20(18)28)16-8-10-17(29-3)11-9-16/h5-12,18H,4H2,1-3H3,(H,24,27). The third-order valence-corrected chi connectivity index (χ3v) is 4.71. The van der Waals surface area contributed by atoms with Crippen LogP contribution in [0.15, 0.2) is 53.6 Å². The maximum Gasteiger partial charge on any atom is 0.273 e. The summed E-state index contributed by atoms with van der Waals surface area (Å²) in [6.45, 7) is 2.96. The van der Waals surface area contributed by atoms with Gasteiger partial charge in [0, 0.05) is 17.7 Å². The predicted molar refractivity (Wildman–Crippen MR) is 106 cm³/mol. The van der Waals surface area contributed by atoms with Crippen LogP contribution < -0.4 is 15.1 Å². The number of methoxy groups -OCH3 is 1. The molecule has 1 unspecified atom stereocenters. The van der Waals surface area contributed by atoms with Crippen molar-refractivity contribution < 1.29 is 23.1 Å². The summed E-state index contributed by atoms with van der Waals surface area (Å²) in [6.07, 6.45) is -0.353. The van der Waals surface area contributed by atoms with Crippen molar-refractivity contribution in [3.05, 3.63) is 54.1 Å². The van der Waals surface area contributed by atoms with Gasteiger partial charge in [0.05, 0.1) is 18.5 Å². The van der Waals surface area contributed by atoms with E-state index in [4.69, 9.17) is 4.74 Å². The molecule has 1 atom stereocenters. The highest BCUT2D eigenvalue weighted by Gasteiger charge is 2.40. The molecule has 0 radical (unpaired) electrons. The van der Waals surface area contributed by atoms with Crippen molar-refractivity contribution in [2.75, 3.05) is 17.4 Å². The third kappa shape index (κ3) is 4.11. The Morgan fingerprint density at radius 2 is 1.93 bits per heavy atom. The van der Waals surface area contributed by atoms with Crippen molar-refractivity contribution in [1.82, 2.24) is 0 Å². The Kier molecular flexibility index (Phi) is 5.63. The van der Waals surface area contributed by atoms with Crippen molar-refractivity contribution in [2.24, 2.45) is 11.0 Å². The van der Waals surface area contributed by atoms with Crippen LogP contribution >= 0.6 is 0 Å². The maximum atomic E-state index is 13.9. The van der Waals surface area contributed by atoms with Crippen LogP contribution in [0, 0.1) is 5.92 Å². The van der Waals surface area contributed by atoms with Crippen LogP contribution in [0.3, 0.4) is 0 Å². The quantitative estimate of drug-likeness (QED) is 0.739. The van der Waals surface area contributed by atoms with Crippen molar-refractivity contribution in [3.63, 3.8) is 0 Å². The number of halogens is 2. The first kappa shape index (κ1) is 20.4. The molecular weight excluding hydrogens is 380 g/mol. The molecule has 1 aliphatic heterocycles. The molecule has 1 heterocycles. The van der Waals surface area contributed by atoms with E-state index in [9.17, 15) is 18.4 Å². The van der Waals surface area contributed by atoms with Crippen LogP contribution in [0.1, 0.15) is 25.8 Å². The normalized spacial score (nSPS) is 16.6. The first-order valence-electron chi connectivity index (χ1n) is 9.09. The zero-order valence-corrected chi connectivity index (χ0v) is 16.3. The molecule has 0 bridgehead atoms. The number of ether oxygens (including phenoxy) is 1. The lowest BCUT2D eigenvalue weighted by atomic mass is 10.0. The number of anilines is 2. The number of benzene rings is 2. The largest absolute Gasteiger partial charge is 0.497 e. The predicted octanol–water partition coefficient (Wildman–Crippen LogP) is 4.17. The lowest BCUT2D eigenvalue weighted by Crippen LogP contribution is -2.36. The van der Waals surface area contributed by atoms with Gasteiger partial charge < -0.3 is 10.1 Å². The van der Waals surface area contributed by atoms with E-state index in [0.717, 1.165) is 5.01 Å². The summed E-state index contributed by atoms with van der Waals surface area (Å²) in [4.78, 5) is 25.5. The summed E-state index contributed by atoms with van der Waals surface area (Å²) in [5, 5.41) is 7.89. The number of amides is 2. The second-order valence-electron chi connectivity index (χ2n) is 6.65. The smallest absolute Gasteiger partial charge is 0.273 e. The molecule has 152 valence electrons. The number of carbonyl (C=O) groups excluding carboxylic acids is 2. The first-order valence-corrected chi connectivity index (χ1v) is 9.09. The lowest BCUT2D eigenvalue weighted by Gasteiger charge is -2.17. The van der Waals surface area contributed by atoms with Crippen molar-refractivity contribution >= 4 is 28.9 Å². The summed E-state index contributed by atoms with van der Waals surface area (Å²) < 4.78 is 32.9. The van der Waals surface area contributed by atoms with E-state index in [0.29, 0.717) is 17.1 Å². The van der Waals surface area contributed by atoms with Crippen LogP contribution in [-0.2, 0) is 15.5 Å². The fourth-order valence-corrected chi connectivity index (χ4v) is 3.02. The molecule has 1 N–H and O–H groups in total. The minimum Gasteiger partial charge on any atom is -0.497 e. The summed E-state index contributed by atoms with van der Waals surface area (Å²) in [6, 6.07) is 12.1. The average molecular weight is 401 g/mol. The van der Waals surface area contributed by atoms with Crippen molar-refractivity contribution in [3.8, 4) is 5.75 Å². The molecule has 1 aliphatic rings. The van der Waals surface area contributed by atoms with E-state index >= 15 is 0 Å². The molecule has 2 aromatic rings. The second kappa shape index (κ2) is 7.98. The molecule has 6 nitrogen and oxygen atoms in total. The van der Waals surface area contributed by atoms with Crippen LogP contribution in [0.5, 0.6) is 5.75 Å². The molecule has 0 spiro atoms. The molecule has 0 fully saturated rings. The van der Waals surface area contributed by atoms with Gasteiger partial charge in [-0.1, -0.05) is 19.1 Å². The number of rotatable bonds is 6. The Labute approximate surface area is 167 Å². The summed E-state index contributed by atoms with van der Waals surface area (Å²) in [5.41, 5.74) is 0.818. The Balaban J connectivity index is 1.77. The summed E-state index contributed by atoms with van der Waals surface area (Å²) in [5.74, 6) is -4.64. The monoisotopic (exact) mass is 401 g/mol. The number of hydrogen-bond acceptors (Lipinski definition) is 4. The molecule has 0 saturated carbocycles. The average Bonchev–Trinajstić information content (AvgIpc) is 3.02. The number of carbonyl (C=O) groups is 2. The van der Waals surface area contributed by atoms with E-state index in [1.165, 1.54) is 38.3 Å². The number of hydrazone groups is 1. The highest BCUT2D eigenvalue weighted by molar-refractivity contribution is 6.28. The molecule has 0 aliphatic carbocycles.